The second-order valence-electron chi connectivity index (χ2n) is 6.54. The first-order valence-electron chi connectivity index (χ1n) is 8.51. The molecule has 4 rings (SSSR count). The van der Waals surface area contributed by atoms with Crippen LogP contribution >= 0.6 is 11.3 Å². The highest BCUT2D eigenvalue weighted by Crippen LogP contribution is 2.39. The number of carbonyl (C=O) groups is 1. The molecule has 1 aliphatic carbocycles. The topological polar surface area (TPSA) is 41.1 Å². The van der Waals surface area contributed by atoms with Crippen molar-refractivity contribution in [1.82, 2.24) is 10.6 Å². The molecular formula is C19H22N2OS. The molecule has 1 aliphatic heterocycles. The SMILES string of the molecule is O=C(NCC1CCCNC1)c1cc2c(s1)-c1ccccc1CC2. The Hall–Kier alpha value is -1.65. The van der Waals surface area contributed by atoms with Crippen LogP contribution in [0.2, 0.25) is 0 Å². The van der Waals surface area contributed by atoms with E-state index in [0.717, 1.165) is 37.4 Å². The molecule has 1 amide bonds. The zero-order chi connectivity index (χ0) is 15.6. The highest BCUT2D eigenvalue weighted by Gasteiger charge is 2.22. The lowest BCUT2D eigenvalue weighted by Gasteiger charge is -2.22. The maximum atomic E-state index is 12.5. The molecule has 3 nitrogen and oxygen atoms in total. The number of nitrogens with one attached hydrogen (secondary N) is 2. The highest BCUT2D eigenvalue weighted by molar-refractivity contribution is 7.17. The molecule has 1 unspecified atom stereocenters. The predicted octanol–water partition coefficient (Wildman–Crippen LogP) is 3.24. The monoisotopic (exact) mass is 326 g/mol. The van der Waals surface area contributed by atoms with Crippen molar-refractivity contribution in [2.24, 2.45) is 5.92 Å². The van der Waals surface area contributed by atoms with Gasteiger partial charge in [-0.25, -0.2) is 0 Å². The van der Waals surface area contributed by atoms with Crippen molar-refractivity contribution in [3.63, 3.8) is 0 Å². The molecule has 2 aliphatic rings. The van der Waals surface area contributed by atoms with E-state index in [1.54, 1.807) is 11.3 Å². The van der Waals surface area contributed by atoms with Crippen molar-refractivity contribution < 1.29 is 4.79 Å². The molecule has 120 valence electrons. The zero-order valence-corrected chi connectivity index (χ0v) is 14.0. The molecule has 1 aromatic heterocycles. The van der Waals surface area contributed by atoms with E-state index in [-0.39, 0.29) is 5.91 Å². The fourth-order valence-electron chi connectivity index (χ4n) is 3.61. The molecule has 0 bridgehead atoms. The molecule has 23 heavy (non-hydrogen) atoms. The molecule has 4 heteroatoms. The third-order valence-electron chi connectivity index (χ3n) is 4.91. The number of piperidine rings is 1. The van der Waals surface area contributed by atoms with Crippen LogP contribution in [0.15, 0.2) is 30.3 Å². The van der Waals surface area contributed by atoms with Crippen molar-refractivity contribution in [2.45, 2.75) is 25.7 Å². The van der Waals surface area contributed by atoms with Crippen LogP contribution in [0.4, 0.5) is 0 Å². The number of hydrogen-bond donors (Lipinski definition) is 2. The van der Waals surface area contributed by atoms with Gasteiger partial charge in [-0.05, 0) is 67.4 Å². The summed E-state index contributed by atoms with van der Waals surface area (Å²) in [7, 11) is 0. The van der Waals surface area contributed by atoms with E-state index in [1.807, 2.05) is 0 Å². The Bertz CT molecular complexity index is 716. The van der Waals surface area contributed by atoms with E-state index in [2.05, 4.69) is 41.0 Å². The van der Waals surface area contributed by atoms with Gasteiger partial charge in [0.25, 0.3) is 5.91 Å². The van der Waals surface area contributed by atoms with Crippen LogP contribution in [0.1, 0.15) is 33.6 Å². The lowest BCUT2D eigenvalue weighted by Crippen LogP contribution is -2.37. The quantitative estimate of drug-likeness (QED) is 0.909. The van der Waals surface area contributed by atoms with E-state index in [1.165, 1.54) is 34.4 Å². The van der Waals surface area contributed by atoms with Crippen LogP contribution in [0.5, 0.6) is 0 Å². The molecule has 2 aromatic rings. The number of aryl methyl sites for hydroxylation is 2. The van der Waals surface area contributed by atoms with Gasteiger partial charge in [-0.15, -0.1) is 11.3 Å². The summed E-state index contributed by atoms with van der Waals surface area (Å²) >= 11 is 1.65. The van der Waals surface area contributed by atoms with Crippen molar-refractivity contribution in [3.05, 3.63) is 46.3 Å². The third kappa shape index (κ3) is 3.06. The minimum atomic E-state index is 0.0902. The van der Waals surface area contributed by atoms with Gasteiger partial charge in [0, 0.05) is 11.4 Å². The van der Waals surface area contributed by atoms with Crippen LogP contribution in [0.3, 0.4) is 0 Å². The summed E-state index contributed by atoms with van der Waals surface area (Å²) in [6, 6.07) is 10.7. The van der Waals surface area contributed by atoms with Crippen LogP contribution in [0.25, 0.3) is 10.4 Å². The van der Waals surface area contributed by atoms with Crippen LogP contribution in [-0.2, 0) is 12.8 Å². The minimum absolute atomic E-state index is 0.0902. The molecular weight excluding hydrogens is 304 g/mol. The van der Waals surface area contributed by atoms with E-state index in [4.69, 9.17) is 0 Å². The van der Waals surface area contributed by atoms with Gasteiger partial charge < -0.3 is 10.6 Å². The summed E-state index contributed by atoms with van der Waals surface area (Å²) in [5, 5.41) is 6.53. The number of carbonyl (C=O) groups excluding carboxylic acids is 1. The molecule has 0 spiro atoms. The van der Waals surface area contributed by atoms with Crippen molar-refractivity contribution in [1.29, 1.82) is 0 Å². The second-order valence-corrected chi connectivity index (χ2v) is 7.60. The number of hydrogen-bond acceptors (Lipinski definition) is 3. The Labute approximate surface area is 141 Å². The average Bonchev–Trinajstić information content (AvgIpc) is 3.05. The van der Waals surface area contributed by atoms with Gasteiger partial charge in [-0.3, -0.25) is 4.79 Å². The maximum Gasteiger partial charge on any atom is 0.261 e. The zero-order valence-electron chi connectivity index (χ0n) is 13.2. The molecule has 1 saturated heterocycles. The van der Waals surface area contributed by atoms with Crippen LogP contribution in [-0.4, -0.2) is 25.5 Å². The Morgan fingerprint density at radius 2 is 2.13 bits per heavy atom. The van der Waals surface area contributed by atoms with Crippen molar-refractivity contribution in [3.8, 4) is 10.4 Å². The van der Waals surface area contributed by atoms with Crippen LogP contribution < -0.4 is 10.6 Å². The van der Waals surface area contributed by atoms with E-state index in [9.17, 15) is 4.79 Å². The molecule has 1 aromatic carbocycles. The summed E-state index contributed by atoms with van der Waals surface area (Å²) in [6.07, 6.45) is 4.55. The lowest BCUT2D eigenvalue weighted by atomic mass is 9.91. The Morgan fingerprint density at radius 1 is 1.26 bits per heavy atom. The highest BCUT2D eigenvalue weighted by atomic mass is 32.1. The Morgan fingerprint density at radius 3 is 3.00 bits per heavy atom. The van der Waals surface area contributed by atoms with Gasteiger partial charge >= 0.3 is 0 Å². The molecule has 1 fully saturated rings. The van der Waals surface area contributed by atoms with Gasteiger partial charge in [0.15, 0.2) is 0 Å². The van der Waals surface area contributed by atoms with Gasteiger partial charge in [0.1, 0.15) is 0 Å². The fourth-order valence-corrected chi connectivity index (χ4v) is 4.79. The minimum Gasteiger partial charge on any atom is -0.351 e. The van der Waals surface area contributed by atoms with Crippen LogP contribution in [0, 0.1) is 5.92 Å². The van der Waals surface area contributed by atoms with E-state index in [0.29, 0.717) is 5.92 Å². The van der Waals surface area contributed by atoms with E-state index < -0.39 is 0 Å². The number of amides is 1. The molecule has 0 radical (unpaired) electrons. The molecule has 0 saturated carbocycles. The Balaban J connectivity index is 1.48. The normalized spacial score (nSPS) is 19.7. The predicted molar refractivity (Wildman–Crippen MR) is 95.1 cm³/mol. The molecule has 1 atom stereocenters. The third-order valence-corrected chi connectivity index (χ3v) is 6.12. The first-order valence-corrected chi connectivity index (χ1v) is 9.33. The molecule has 2 heterocycles. The standard InChI is InChI=1S/C19H22N2OS/c22-19(21-12-13-4-3-9-20-11-13)17-10-15-8-7-14-5-1-2-6-16(14)18(15)23-17/h1-2,5-6,10,13,20H,3-4,7-9,11-12H2,(H,21,22). The Kier molecular flexibility index (Phi) is 4.19. The number of benzene rings is 1. The first-order chi connectivity index (χ1) is 11.3. The first kappa shape index (κ1) is 14.9. The van der Waals surface area contributed by atoms with Gasteiger partial charge in [-0.2, -0.15) is 0 Å². The van der Waals surface area contributed by atoms with Gasteiger partial charge in [0.05, 0.1) is 4.88 Å². The summed E-state index contributed by atoms with van der Waals surface area (Å²) in [5.41, 5.74) is 4.05. The summed E-state index contributed by atoms with van der Waals surface area (Å²) in [6.45, 7) is 2.92. The molecule has 2 N–H and O–H groups in total. The van der Waals surface area contributed by atoms with E-state index >= 15 is 0 Å². The maximum absolute atomic E-state index is 12.5. The fraction of sp³-hybridized carbons (Fsp3) is 0.421. The summed E-state index contributed by atoms with van der Waals surface area (Å²) < 4.78 is 0. The number of rotatable bonds is 3. The van der Waals surface area contributed by atoms with Gasteiger partial charge in [0.2, 0.25) is 0 Å². The number of thiophene rings is 1. The lowest BCUT2D eigenvalue weighted by molar-refractivity contribution is 0.0949. The summed E-state index contributed by atoms with van der Waals surface area (Å²) in [4.78, 5) is 14.6. The smallest absolute Gasteiger partial charge is 0.261 e. The van der Waals surface area contributed by atoms with Crippen molar-refractivity contribution >= 4 is 17.2 Å². The average molecular weight is 326 g/mol. The van der Waals surface area contributed by atoms with Gasteiger partial charge in [-0.1, -0.05) is 24.3 Å². The van der Waals surface area contributed by atoms with Crippen molar-refractivity contribution in [2.75, 3.05) is 19.6 Å². The second kappa shape index (κ2) is 6.46. The number of fused-ring (bicyclic) bond motifs is 3. The largest absolute Gasteiger partial charge is 0.351 e. The summed E-state index contributed by atoms with van der Waals surface area (Å²) in [5.74, 6) is 0.662.